The third-order valence-electron chi connectivity index (χ3n) is 2.67. The summed E-state index contributed by atoms with van der Waals surface area (Å²) >= 11 is 8.09. The number of hydrazone groups is 1. The summed E-state index contributed by atoms with van der Waals surface area (Å²) in [5.74, 6) is -0.372. The van der Waals surface area contributed by atoms with Gasteiger partial charge in [-0.1, -0.05) is 18.2 Å². The van der Waals surface area contributed by atoms with Crippen LogP contribution < -0.4 is 10.7 Å². The van der Waals surface area contributed by atoms with Gasteiger partial charge in [0.2, 0.25) is 0 Å². The second kappa shape index (κ2) is 7.75. The van der Waals surface area contributed by atoms with Gasteiger partial charge in [-0.3, -0.25) is 15.5 Å². The summed E-state index contributed by atoms with van der Waals surface area (Å²) in [4.78, 5) is 10.4. The van der Waals surface area contributed by atoms with E-state index in [4.69, 9.17) is 12.2 Å². The van der Waals surface area contributed by atoms with E-state index in [9.17, 15) is 14.5 Å². The van der Waals surface area contributed by atoms with Crippen LogP contribution in [0, 0.1) is 15.9 Å². The van der Waals surface area contributed by atoms with Crippen molar-refractivity contribution in [2.75, 3.05) is 5.32 Å². The molecule has 9 heteroatoms. The van der Waals surface area contributed by atoms with E-state index >= 15 is 0 Å². The molecule has 0 spiro atoms. The first kappa shape index (κ1) is 17.0. The van der Waals surface area contributed by atoms with Crippen molar-refractivity contribution in [2.24, 2.45) is 5.10 Å². The summed E-state index contributed by atoms with van der Waals surface area (Å²) in [5.41, 5.74) is 3.35. The van der Waals surface area contributed by atoms with Gasteiger partial charge in [-0.05, 0) is 51.9 Å². The maximum absolute atomic E-state index is 13.1. The van der Waals surface area contributed by atoms with E-state index in [1.807, 2.05) is 0 Å². The fraction of sp³-hybridized carbons (Fsp3) is 0. The first-order valence-electron chi connectivity index (χ1n) is 6.26. The Bertz CT molecular complexity index is 785. The number of anilines is 1. The zero-order chi connectivity index (χ0) is 16.8. The molecular formula is C14H10BrFN4O2S. The molecular weight excluding hydrogens is 387 g/mol. The number of thiocarbonyl (C=S) groups is 1. The van der Waals surface area contributed by atoms with Crippen LogP contribution in [0.1, 0.15) is 5.56 Å². The number of rotatable bonds is 4. The molecule has 6 nitrogen and oxygen atoms in total. The third kappa shape index (κ3) is 4.80. The lowest BCUT2D eigenvalue weighted by Gasteiger charge is -2.07. The van der Waals surface area contributed by atoms with Gasteiger partial charge in [0.1, 0.15) is 11.5 Å². The van der Waals surface area contributed by atoms with Crippen LogP contribution in [0.3, 0.4) is 0 Å². The summed E-state index contributed by atoms with van der Waals surface area (Å²) < 4.78 is 13.4. The van der Waals surface area contributed by atoms with E-state index in [1.54, 1.807) is 24.3 Å². The quantitative estimate of drug-likeness (QED) is 0.355. The van der Waals surface area contributed by atoms with Gasteiger partial charge in [0.15, 0.2) is 5.11 Å². The highest BCUT2D eigenvalue weighted by Crippen LogP contribution is 2.22. The number of hydrogen-bond acceptors (Lipinski definition) is 4. The Hall–Kier alpha value is -2.39. The molecule has 0 aliphatic rings. The maximum Gasteiger partial charge on any atom is 0.292 e. The molecule has 2 aromatic rings. The summed E-state index contributed by atoms with van der Waals surface area (Å²) in [6, 6.07) is 10.5. The average molecular weight is 397 g/mol. The Labute approximate surface area is 144 Å². The molecule has 2 rings (SSSR count). The van der Waals surface area contributed by atoms with Gasteiger partial charge >= 0.3 is 0 Å². The summed E-state index contributed by atoms with van der Waals surface area (Å²) in [7, 11) is 0. The van der Waals surface area contributed by atoms with Crippen molar-refractivity contribution in [2.45, 2.75) is 0 Å². The molecule has 0 aliphatic carbocycles. The van der Waals surface area contributed by atoms with Gasteiger partial charge in [-0.25, -0.2) is 4.39 Å². The fourth-order valence-corrected chi connectivity index (χ4v) is 2.21. The zero-order valence-corrected chi connectivity index (χ0v) is 13.9. The summed E-state index contributed by atoms with van der Waals surface area (Å²) in [6.07, 6.45) is 1.44. The molecule has 2 aromatic carbocycles. The molecule has 0 bridgehead atoms. The van der Waals surface area contributed by atoms with Gasteiger partial charge in [0.25, 0.3) is 5.69 Å². The van der Waals surface area contributed by atoms with Crippen LogP contribution in [-0.2, 0) is 0 Å². The molecule has 118 valence electrons. The molecule has 2 N–H and O–H groups in total. The van der Waals surface area contributed by atoms with Crippen molar-refractivity contribution in [1.82, 2.24) is 5.43 Å². The minimum Gasteiger partial charge on any atom is -0.326 e. The topological polar surface area (TPSA) is 79.6 Å². The van der Waals surface area contributed by atoms with Crippen LogP contribution in [0.15, 0.2) is 52.0 Å². The zero-order valence-electron chi connectivity index (χ0n) is 11.5. The lowest BCUT2D eigenvalue weighted by molar-refractivity contribution is -0.383. The molecule has 0 fully saturated rings. The van der Waals surface area contributed by atoms with Crippen molar-refractivity contribution in [3.8, 4) is 0 Å². The number of nitro benzene ring substituents is 1. The first-order chi connectivity index (χ1) is 11.0. The van der Waals surface area contributed by atoms with E-state index in [-0.39, 0.29) is 22.3 Å². The molecule has 0 radical (unpaired) electrons. The SMILES string of the molecule is O=[N+]([O-])c1ccccc1NC(=S)N/N=C\c1ccc(F)c(Br)c1. The Morgan fingerprint density at radius 1 is 1.35 bits per heavy atom. The van der Waals surface area contributed by atoms with Gasteiger partial charge in [0, 0.05) is 6.07 Å². The standard InChI is InChI=1S/C14H10BrFN4O2S/c15-10-7-9(5-6-11(10)16)8-17-19-14(23)18-12-3-1-2-4-13(12)20(21)22/h1-8H,(H2,18,19,23)/b17-8-. The number of para-hydroxylation sites is 2. The number of nitro groups is 1. The molecule has 0 amide bonds. The predicted molar refractivity (Wildman–Crippen MR) is 94.1 cm³/mol. The van der Waals surface area contributed by atoms with Crippen LogP contribution in [-0.4, -0.2) is 16.3 Å². The van der Waals surface area contributed by atoms with Crippen LogP contribution in [0.4, 0.5) is 15.8 Å². The Morgan fingerprint density at radius 2 is 2.09 bits per heavy atom. The van der Waals surface area contributed by atoms with E-state index in [0.717, 1.165) is 0 Å². The largest absolute Gasteiger partial charge is 0.326 e. The minimum absolute atomic E-state index is 0.0942. The number of hydrogen-bond donors (Lipinski definition) is 2. The van der Waals surface area contributed by atoms with Gasteiger partial charge < -0.3 is 5.32 Å². The first-order valence-corrected chi connectivity index (χ1v) is 7.46. The fourth-order valence-electron chi connectivity index (χ4n) is 1.65. The Kier molecular flexibility index (Phi) is 5.72. The smallest absolute Gasteiger partial charge is 0.292 e. The van der Waals surface area contributed by atoms with Crippen molar-refractivity contribution in [1.29, 1.82) is 0 Å². The molecule has 0 heterocycles. The number of benzene rings is 2. The highest BCUT2D eigenvalue weighted by molar-refractivity contribution is 9.10. The maximum atomic E-state index is 13.1. The van der Waals surface area contributed by atoms with Crippen molar-refractivity contribution in [3.63, 3.8) is 0 Å². The van der Waals surface area contributed by atoms with Crippen LogP contribution >= 0.6 is 28.1 Å². The Morgan fingerprint density at radius 3 is 2.78 bits per heavy atom. The van der Waals surface area contributed by atoms with Gasteiger partial charge in [0.05, 0.1) is 15.6 Å². The number of nitrogens with zero attached hydrogens (tertiary/aromatic N) is 2. The van der Waals surface area contributed by atoms with Crippen LogP contribution in [0.5, 0.6) is 0 Å². The van der Waals surface area contributed by atoms with Crippen molar-refractivity contribution in [3.05, 3.63) is 68.4 Å². The lowest BCUT2D eigenvalue weighted by atomic mass is 10.2. The number of halogens is 2. The Balaban J connectivity index is 1.99. The highest BCUT2D eigenvalue weighted by atomic mass is 79.9. The monoisotopic (exact) mass is 396 g/mol. The normalized spacial score (nSPS) is 10.5. The molecule has 0 aromatic heterocycles. The van der Waals surface area contributed by atoms with E-state index in [0.29, 0.717) is 10.0 Å². The highest BCUT2D eigenvalue weighted by Gasteiger charge is 2.12. The van der Waals surface area contributed by atoms with E-state index in [1.165, 1.54) is 24.4 Å². The van der Waals surface area contributed by atoms with E-state index in [2.05, 4.69) is 31.8 Å². The molecule has 0 aliphatic heterocycles. The molecule has 0 saturated heterocycles. The molecule has 0 unspecified atom stereocenters. The predicted octanol–water partition coefficient (Wildman–Crippen LogP) is 3.82. The third-order valence-corrected chi connectivity index (χ3v) is 3.47. The lowest BCUT2D eigenvalue weighted by Crippen LogP contribution is -2.24. The average Bonchev–Trinajstić information content (AvgIpc) is 2.51. The molecule has 0 saturated carbocycles. The summed E-state index contributed by atoms with van der Waals surface area (Å²) in [6.45, 7) is 0. The van der Waals surface area contributed by atoms with E-state index < -0.39 is 4.92 Å². The minimum atomic E-state index is -0.510. The van der Waals surface area contributed by atoms with Gasteiger partial charge in [-0.2, -0.15) is 5.10 Å². The van der Waals surface area contributed by atoms with Crippen LogP contribution in [0.25, 0.3) is 0 Å². The molecule has 0 atom stereocenters. The van der Waals surface area contributed by atoms with Crippen molar-refractivity contribution < 1.29 is 9.31 Å². The molecule has 23 heavy (non-hydrogen) atoms. The number of nitrogens with one attached hydrogen (secondary N) is 2. The van der Waals surface area contributed by atoms with Crippen LogP contribution in [0.2, 0.25) is 0 Å². The summed E-state index contributed by atoms with van der Waals surface area (Å²) in [5, 5.41) is 17.6. The van der Waals surface area contributed by atoms with Crippen molar-refractivity contribution >= 4 is 50.8 Å². The second-order valence-electron chi connectivity index (χ2n) is 4.27. The second-order valence-corrected chi connectivity index (χ2v) is 5.53. The van der Waals surface area contributed by atoms with Gasteiger partial charge in [-0.15, -0.1) is 0 Å².